The first kappa shape index (κ1) is 13.1. The van der Waals surface area contributed by atoms with E-state index in [1.807, 2.05) is 44.2 Å². The van der Waals surface area contributed by atoms with Crippen molar-refractivity contribution in [1.29, 1.82) is 0 Å². The van der Waals surface area contributed by atoms with Crippen LogP contribution >= 0.6 is 0 Å². The SMILES string of the molecule is CC(C)(C(=O)NCC1(N)CCC1)c1ccccc1. The summed E-state index contributed by atoms with van der Waals surface area (Å²) in [4.78, 5) is 12.3. The minimum absolute atomic E-state index is 0.0467. The Kier molecular flexibility index (Phi) is 3.44. The predicted molar refractivity (Wildman–Crippen MR) is 73.2 cm³/mol. The highest BCUT2D eigenvalue weighted by Gasteiger charge is 2.35. The van der Waals surface area contributed by atoms with Crippen LogP contribution in [-0.2, 0) is 10.2 Å². The summed E-state index contributed by atoms with van der Waals surface area (Å²) in [5, 5.41) is 3.00. The zero-order chi connectivity index (χ0) is 13.2. The van der Waals surface area contributed by atoms with Crippen molar-refractivity contribution in [2.24, 2.45) is 5.73 Å². The summed E-state index contributed by atoms with van der Waals surface area (Å²) in [5.74, 6) is 0.0467. The molecule has 18 heavy (non-hydrogen) atoms. The van der Waals surface area contributed by atoms with Crippen molar-refractivity contribution < 1.29 is 4.79 Å². The van der Waals surface area contributed by atoms with Gasteiger partial charge in [0.15, 0.2) is 0 Å². The van der Waals surface area contributed by atoms with E-state index < -0.39 is 5.41 Å². The Morgan fingerprint density at radius 3 is 2.44 bits per heavy atom. The van der Waals surface area contributed by atoms with Crippen LogP contribution in [0.4, 0.5) is 0 Å². The van der Waals surface area contributed by atoms with Crippen LogP contribution in [-0.4, -0.2) is 18.0 Å². The smallest absolute Gasteiger partial charge is 0.230 e. The molecule has 1 aliphatic carbocycles. The van der Waals surface area contributed by atoms with Crippen LogP contribution in [0.3, 0.4) is 0 Å². The number of hydrogen-bond donors (Lipinski definition) is 2. The zero-order valence-electron chi connectivity index (χ0n) is 11.2. The molecule has 0 aromatic heterocycles. The lowest BCUT2D eigenvalue weighted by Crippen LogP contribution is -2.56. The highest BCUT2D eigenvalue weighted by molar-refractivity contribution is 5.87. The predicted octanol–water partition coefficient (Wildman–Crippen LogP) is 1.96. The summed E-state index contributed by atoms with van der Waals surface area (Å²) in [7, 11) is 0. The molecule has 1 saturated carbocycles. The Balaban J connectivity index is 1.99. The minimum atomic E-state index is -0.513. The molecule has 3 heteroatoms. The van der Waals surface area contributed by atoms with Crippen molar-refractivity contribution in [3.05, 3.63) is 35.9 Å². The third-order valence-electron chi connectivity index (χ3n) is 4.01. The Morgan fingerprint density at radius 2 is 1.94 bits per heavy atom. The standard InChI is InChI=1S/C15H22N2O/c1-14(2,12-7-4-3-5-8-12)13(18)17-11-15(16)9-6-10-15/h3-5,7-8H,6,9-11,16H2,1-2H3,(H,17,18). The first-order chi connectivity index (χ1) is 8.44. The Labute approximate surface area is 109 Å². The van der Waals surface area contributed by atoms with E-state index in [0.717, 1.165) is 18.4 Å². The van der Waals surface area contributed by atoms with Gasteiger partial charge < -0.3 is 11.1 Å². The van der Waals surface area contributed by atoms with Gasteiger partial charge in [-0.25, -0.2) is 0 Å². The van der Waals surface area contributed by atoms with Crippen LogP contribution in [0.1, 0.15) is 38.7 Å². The van der Waals surface area contributed by atoms with E-state index in [1.165, 1.54) is 6.42 Å². The summed E-state index contributed by atoms with van der Waals surface area (Å²) >= 11 is 0. The number of amides is 1. The number of rotatable bonds is 4. The number of hydrogen-bond acceptors (Lipinski definition) is 2. The van der Waals surface area contributed by atoms with E-state index in [1.54, 1.807) is 0 Å². The fourth-order valence-electron chi connectivity index (χ4n) is 2.27. The number of carbonyl (C=O) groups is 1. The quantitative estimate of drug-likeness (QED) is 0.853. The maximum atomic E-state index is 12.3. The van der Waals surface area contributed by atoms with Crippen LogP contribution in [0, 0.1) is 0 Å². The summed E-state index contributed by atoms with van der Waals surface area (Å²) < 4.78 is 0. The molecule has 98 valence electrons. The normalized spacial score (nSPS) is 17.9. The van der Waals surface area contributed by atoms with Crippen molar-refractivity contribution in [2.75, 3.05) is 6.54 Å². The van der Waals surface area contributed by atoms with Crippen molar-refractivity contribution >= 4 is 5.91 Å². The summed E-state index contributed by atoms with van der Waals surface area (Å²) in [6.07, 6.45) is 3.20. The zero-order valence-corrected chi connectivity index (χ0v) is 11.2. The topological polar surface area (TPSA) is 55.1 Å². The highest BCUT2D eigenvalue weighted by atomic mass is 16.2. The lowest BCUT2D eigenvalue weighted by Gasteiger charge is -2.39. The van der Waals surface area contributed by atoms with Crippen molar-refractivity contribution in [1.82, 2.24) is 5.32 Å². The molecule has 0 aliphatic heterocycles. The molecule has 1 aromatic carbocycles. The van der Waals surface area contributed by atoms with Gasteiger partial charge in [-0.15, -0.1) is 0 Å². The largest absolute Gasteiger partial charge is 0.354 e. The van der Waals surface area contributed by atoms with Gasteiger partial charge in [0.05, 0.1) is 5.41 Å². The van der Waals surface area contributed by atoms with Gasteiger partial charge in [-0.3, -0.25) is 4.79 Å². The first-order valence-electron chi connectivity index (χ1n) is 6.57. The minimum Gasteiger partial charge on any atom is -0.354 e. The van der Waals surface area contributed by atoms with Crippen molar-refractivity contribution in [3.63, 3.8) is 0 Å². The molecule has 0 bridgehead atoms. The molecule has 0 spiro atoms. The molecular weight excluding hydrogens is 224 g/mol. The van der Waals surface area contributed by atoms with Gasteiger partial charge in [0, 0.05) is 12.1 Å². The second kappa shape index (κ2) is 4.73. The molecule has 1 aliphatic rings. The van der Waals surface area contributed by atoms with E-state index in [0.29, 0.717) is 6.54 Å². The van der Waals surface area contributed by atoms with Crippen LogP contribution in [0.5, 0.6) is 0 Å². The van der Waals surface area contributed by atoms with Crippen LogP contribution < -0.4 is 11.1 Å². The Bertz CT molecular complexity index is 421. The van der Waals surface area contributed by atoms with Gasteiger partial charge in [0.2, 0.25) is 5.91 Å². The van der Waals surface area contributed by atoms with E-state index in [9.17, 15) is 4.79 Å². The molecule has 3 N–H and O–H groups in total. The third-order valence-corrected chi connectivity index (χ3v) is 4.01. The third kappa shape index (κ3) is 2.56. The Morgan fingerprint density at radius 1 is 1.33 bits per heavy atom. The van der Waals surface area contributed by atoms with Crippen molar-refractivity contribution in [3.8, 4) is 0 Å². The summed E-state index contributed by atoms with van der Waals surface area (Å²) in [6, 6.07) is 9.85. The average molecular weight is 246 g/mol. The van der Waals surface area contributed by atoms with Gasteiger partial charge in [-0.05, 0) is 38.7 Å². The molecule has 0 unspecified atom stereocenters. The molecular formula is C15H22N2O. The van der Waals surface area contributed by atoms with E-state index >= 15 is 0 Å². The molecule has 0 radical (unpaired) electrons. The molecule has 0 atom stereocenters. The summed E-state index contributed by atoms with van der Waals surface area (Å²) in [5.41, 5.74) is 6.47. The van der Waals surface area contributed by atoms with Crippen molar-refractivity contribution in [2.45, 2.75) is 44.1 Å². The van der Waals surface area contributed by atoms with E-state index in [-0.39, 0.29) is 11.4 Å². The highest BCUT2D eigenvalue weighted by Crippen LogP contribution is 2.29. The number of benzene rings is 1. The van der Waals surface area contributed by atoms with Gasteiger partial charge in [-0.1, -0.05) is 30.3 Å². The molecule has 2 rings (SSSR count). The van der Waals surface area contributed by atoms with Gasteiger partial charge in [0.1, 0.15) is 0 Å². The maximum absolute atomic E-state index is 12.3. The molecule has 1 amide bonds. The maximum Gasteiger partial charge on any atom is 0.230 e. The van der Waals surface area contributed by atoms with Crippen LogP contribution in [0.2, 0.25) is 0 Å². The number of carbonyl (C=O) groups excluding carboxylic acids is 1. The lowest BCUT2D eigenvalue weighted by molar-refractivity contribution is -0.126. The van der Waals surface area contributed by atoms with Gasteiger partial charge in [0.25, 0.3) is 0 Å². The van der Waals surface area contributed by atoms with Crippen LogP contribution in [0.15, 0.2) is 30.3 Å². The second-order valence-electron chi connectivity index (χ2n) is 5.89. The van der Waals surface area contributed by atoms with E-state index in [2.05, 4.69) is 5.32 Å². The summed E-state index contributed by atoms with van der Waals surface area (Å²) in [6.45, 7) is 4.48. The molecule has 0 saturated heterocycles. The first-order valence-corrected chi connectivity index (χ1v) is 6.57. The molecule has 1 aromatic rings. The number of nitrogens with one attached hydrogen (secondary N) is 1. The fraction of sp³-hybridized carbons (Fsp3) is 0.533. The number of nitrogens with two attached hydrogens (primary N) is 1. The average Bonchev–Trinajstić information content (AvgIpc) is 2.34. The van der Waals surface area contributed by atoms with Gasteiger partial charge >= 0.3 is 0 Å². The van der Waals surface area contributed by atoms with E-state index in [4.69, 9.17) is 5.73 Å². The molecule has 0 heterocycles. The van der Waals surface area contributed by atoms with Gasteiger partial charge in [-0.2, -0.15) is 0 Å². The monoisotopic (exact) mass is 246 g/mol. The fourth-order valence-corrected chi connectivity index (χ4v) is 2.27. The molecule has 1 fully saturated rings. The molecule has 3 nitrogen and oxygen atoms in total. The van der Waals surface area contributed by atoms with Crippen LogP contribution in [0.25, 0.3) is 0 Å². The second-order valence-corrected chi connectivity index (χ2v) is 5.89. The Hall–Kier alpha value is -1.35. The lowest BCUT2D eigenvalue weighted by atomic mass is 9.77.